The van der Waals surface area contributed by atoms with Crippen molar-refractivity contribution in [1.29, 1.82) is 0 Å². The number of amides is 1. The van der Waals surface area contributed by atoms with Crippen molar-refractivity contribution in [3.8, 4) is 0 Å². The second-order valence-electron chi connectivity index (χ2n) is 8.00. The fourth-order valence-corrected chi connectivity index (χ4v) is 4.84. The maximum Gasteiger partial charge on any atom is 0.273 e. The largest absolute Gasteiger partial charge is 0.361 e. The first kappa shape index (κ1) is 18.1. The van der Waals surface area contributed by atoms with E-state index in [0.717, 1.165) is 18.7 Å². The van der Waals surface area contributed by atoms with E-state index in [1.54, 1.807) is 25.1 Å². The molecule has 1 fully saturated rings. The van der Waals surface area contributed by atoms with E-state index in [1.165, 1.54) is 17.2 Å². The fourth-order valence-electron chi connectivity index (χ4n) is 4.84. The third-order valence-electron chi connectivity index (χ3n) is 6.04. The molecule has 29 heavy (non-hydrogen) atoms. The summed E-state index contributed by atoms with van der Waals surface area (Å²) in [5, 5.41) is 7.03. The van der Waals surface area contributed by atoms with Crippen LogP contribution in [0.15, 0.2) is 59.1 Å². The van der Waals surface area contributed by atoms with Crippen LogP contribution in [0.5, 0.6) is 0 Å². The highest BCUT2D eigenvalue weighted by Crippen LogP contribution is 2.49. The molecule has 1 amide bonds. The summed E-state index contributed by atoms with van der Waals surface area (Å²) in [6.45, 7) is 4.22. The molecule has 148 valence electrons. The van der Waals surface area contributed by atoms with Crippen LogP contribution in [-0.4, -0.2) is 29.1 Å². The zero-order valence-electron chi connectivity index (χ0n) is 16.1. The number of carbonyl (C=O) groups excluding carboxylic acids is 1. The van der Waals surface area contributed by atoms with Gasteiger partial charge in [-0.2, -0.15) is 0 Å². The third-order valence-corrected chi connectivity index (χ3v) is 6.04. The Morgan fingerprint density at radius 1 is 1.17 bits per heavy atom. The molecular weight excluding hydrogens is 369 g/mol. The van der Waals surface area contributed by atoms with Gasteiger partial charge in [-0.3, -0.25) is 9.69 Å². The summed E-state index contributed by atoms with van der Waals surface area (Å²) < 4.78 is 18.6. The fraction of sp³-hybridized carbons (Fsp3) is 0.304. The third kappa shape index (κ3) is 3.34. The Morgan fingerprint density at radius 2 is 2.00 bits per heavy atom. The van der Waals surface area contributed by atoms with Gasteiger partial charge in [-0.05, 0) is 35.7 Å². The predicted molar refractivity (Wildman–Crippen MR) is 106 cm³/mol. The molecule has 2 aliphatic rings. The monoisotopic (exact) mass is 391 g/mol. The molecule has 6 heteroatoms. The zero-order valence-corrected chi connectivity index (χ0v) is 16.1. The molecule has 3 aromatic rings. The topological polar surface area (TPSA) is 58.4 Å². The van der Waals surface area contributed by atoms with Gasteiger partial charge in [0, 0.05) is 37.5 Å². The maximum absolute atomic E-state index is 13.6. The van der Waals surface area contributed by atoms with Gasteiger partial charge in [0.15, 0.2) is 5.69 Å². The van der Waals surface area contributed by atoms with Crippen LogP contribution >= 0.6 is 0 Å². The number of carbonyl (C=O) groups is 1. The van der Waals surface area contributed by atoms with Crippen molar-refractivity contribution in [3.05, 3.63) is 88.6 Å². The summed E-state index contributed by atoms with van der Waals surface area (Å²) in [6, 6.07) is 16.7. The van der Waals surface area contributed by atoms with Crippen LogP contribution in [0.1, 0.15) is 44.9 Å². The molecule has 5 nitrogen and oxygen atoms in total. The molecule has 0 bridgehead atoms. The molecule has 1 aromatic heterocycles. The smallest absolute Gasteiger partial charge is 0.273 e. The molecule has 5 rings (SSSR count). The predicted octanol–water partition coefficient (Wildman–Crippen LogP) is 3.82. The lowest BCUT2D eigenvalue weighted by atomic mass is 9.94. The Morgan fingerprint density at radius 3 is 2.76 bits per heavy atom. The summed E-state index contributed by atoms with van der Waals surface area (Å²) in [7, 11) is 0. The molecular formula is C23H22FN3O2. The Kier molecular flexibility index (Phi) is 4.43. The van der Waals surface area contributed by atoms with Crippen molar-refractivity contribution in [2.45, 2.75) is 25.4 Å². The molecule has 2 heterocycles. The van der Waals surface area contributed by atoms with Gasteiger partial charge >= 0.3 is 0 Å². The van der Waals surface area contributed by atoms with E-state index < -0.39 is 0 Å². The zero-order chi connectivity index (χ0) is 20.0. The van der Waals surface area contributed by atoms with Gasteiger partial charge in [-0.15, -0.1) is 0 Å². The van der Waals surface area contributed by atoms with Crippen LogP contribution in [0, 0.1) is 18.7 Å². The van der Waals surface area contributed by atoms with E-state index in [-0.39, 0.29) is 23.7 Å². The number of nitrogens with one attached hydrogen (secondary N) is 1. The number of benzene rings is 2. The molecule has 3 atom stereocenters. The molecule has 0 saturated carbocycles. The molecule has 2 aromatic carbocycles. The molecule has 1 aliphatic carbocycles. The number of likely N-dealkylation sites (tertiary alicyclic amines) is 1. The number of aromatic nitrogens is 1. The average Bonchev–Trinajstić information content (AvgIpc) is 3.38. The molecule has 0 radical (unpaired) electrons. The van der Waals surface area contributed by atoms with Gasteiger partial charge in [0.05, 0.1) is 6.04 Å². The number of rotatable bonds is 4. The van der Waals surface area contributed by atoms with Crippen molar-refractivity contribution >= 4 is 5.91 Å². The Balaban J connectivity index is 1.38. The van der Waals surface area contributed by atoms with Gasteiger partial charge in [0.25, 0.3) is 5.91 Å². The first-order valence-corrected chi connectivity index (χ1v) is 9.88. The number of halogens is 1. The quantitative estimate of drug-likeness (QED) is 0.735. The molecule has 1 aliphatic heterocycles. The van der Waals surface area contributed by atoms with Crippen molar-refractivity contribution in [1.82, 2.24) is 15.4 Å². The Hall–Kier alpha value is -2.99. The molecule has 0 unspecified atom stereocenters. The second-order valence-corrected chi connectivity index (χ2v) is 8.00. The number of fused-ring (bicyclic) bond motifs is 3. The van der Waals surface area contributed by atoms with Crippen molar-refractivity contribution in [2.24, 2.45) is 5.92 Å². The lowest BCUT2D eigenvalue weighted by molar-refractivity contribution is 0.0914. The van der Waals surface area contributed by atoms with Gasteiger partial charge in [-0.25, -0.2) is 4.39 Å². The maximum atomic E-state index is 13.6. The van der Waals surface area contributed by atoms with E-state index in [4.69, 9.17) is 4.52 Å². The normalized spacial score (nSPS) is 23.0. The molecule has 1 N–H and O–H groups in total. The van der Waals surface area contributed by atoms with Crippen molar-refractivity contribution in [2.75, 3.05) is 13.1 Å². The highest BCUT2D eigenvalue weighted by atomic mass is 19.1. The van der Waals surface area contributed by atoms with E-state index >= 15 is 0 Å². The van der Waals surface area contributed by atoms with Gasteiger partial charge in [0.1, 0.15) is 11.6 Å². The van der Waals surface area contributed by atoms with E-state index in [2.05, 4.69) is 33.6 Å². The lowest BCUT2D eigenvalue weighted by Crippen LogP contribution is -2.33. The lowest BCUT2D eigenvalue weighted by Gasteiger charge is -2.22. The van der Waals surface area contributed by atoms with Crippen LogP contribution < -0.4 is 5.32 Å². The number of hydrogen-bond acceptors (Lipinski definition) is 4. The number of hydrogen-bond donors (Lipinski definition) is 1. The van der Waals surface area contributed by atoms with Crippen molar-refractivity contribution < 1.29 is 13.7 Å². The van der Waals surface area contributed by atoms with Gasteiger partial charge < -0.3 is 9.84 Å². The number of aryl methyl sites for hydroxylation is 1. The van der Waals surface area contributed by atoms with Crippen LogP contribution in [0.3, 0.4) is 0 Å². The molecule has 0 spiro atoms. The Labute approximate surface area is 168 Å². The van der Waals surface area contributed by atoms with Crippen LogP contribution in [-0.2, 0) is 6.54 Å². The first-order chi connectivity index (χ1) is 14.1. The van der Waals surface area contributed by atoms with Crippen LogP contribution in [0.25, 0.3) is 0 Å². The van der Waals surface area contributed by atoms with E-state index in [0.29, 0.717) is 23.9 Å². The van der Waals surface area contributed by atoms with Crippen molar-refractivity contribution in [3.63, 3.8) is 0 Å². The van der Waals surface area contributed by atoms with Gasteiger partial charge in [-0.1, -0.05) is 41.6 Å². The molecule has 1 saturated heterocycles. The minimum absolute atomic E-state index is 0.0711. The summed E-state index contributed by atoms with van der Waals surface area (Å²) in [5.41, 5.74) is 3.75. The van der Waals surface area contributed by atoms with Gasteiger partial charge in [0.2, 0.25) is 0 Å². The average molecular weight is 391 g/mol. The summed E-state index contributed by atoms with van der Waals surface area (Å²) >= 11 is 0. The van der Waals surface area contributed by atoms with E-state index in [9.17, 15) is 9.18 Å². The highest BCUT2D eigenvalue weighted by Gasteiger charge is 2.46. The van der Waals surface area contributed by atoms with E-state index in [1.807, 2.05) is 12.1 Å². The number of nitrogens with zero attached hydrogens (tertiary/aromatic N) is 2. The minimum Gasteiger partial charge on any atom is -0.361 e. The highest BCUT2D eigenvalue weighted by molar-refractivity contribution is 5.92. The SMILES string of the molecule is Cc1cc(C(=O)N[C@@H]2c3ccccc3[C@@H]3CN(Cc4cccc(F)c4)C[C@H]23)no1. The standard InChI is InChI=1S/C23H22FN3O2/c1-14-9-21(26-29-14)23(28)25-22-18-8-3-2-7-17(18)19-12-27(13-20(19)22)11-15-5-4-6-16(24)10-15/h2-10,19-20,22H,11-13H2,1H3,(H,25,28)/t19-,20-,22+/m0/s1. The second kappa shape index (κ2) is 7.12. The summed E-state index contributed by atoms with van der Waals surface area (Å²) in [5.74, 6) is 0.815. The minimum atomic E-state index is -0.217. The Bertz CT molecular complexity index is 1060. The van der Waals surface area contributed by atoms with Crippen LogP contribution in [0.2, 0.25) is 0 Å². The summed E-state index contributed by atoms with van der Waals surface area (Å²) in [6.07, 6.45) is 0. The first-order valence-electron chi connectivity index (χ1n) is 9.88. The van der Waals surface area contributed by atoms with Crippen LogP contribution in [0.4, 0.5) is 4.39 Å². The summed E-state index contributed by atoms with van der Waals surface area (Å²) in [4.78, 5) is 15.1.